The molecule has 4 heteroatoms. The number of anilines is 5. The summed E-state index contributed by atoms with van der Waals surface area (Å²) in [6.07, 6.45) is 0. The molecule has 4 heterocycles. The Morgan fingerprint density at radius 2 is 1.07 bits per heavy atom. The summed E-state index contributed by atoms with van der Waals surface area (Å²) in [5.74, 6) is 0. The molecule has 1 aromatic heterocycles. The van der Waals surface area contributed by atoms with Gasteiger partial charge in [-0.25, -0.2) is 0 Å². The van der Waals surface area contributed by atoms with Crippen molar-refractivity contribution in [3.8, 4) is 0 Å². The molecule has 0 N–H and O–H groups in total. The third-order valence-electron chi connectivity index (χ3n) is 11.1. The molecule has 0 aliphatic carbocycles. The second kappa shape index (κ2) is 8.73. The van der Waals surface area contributed by atoms with Gasteiger partial charge in [-0.05, 0) is 57.4 Å². The lowest BCUT2D eigenvalue weighted by atomic mass is 9.44. The van der Waals surface area contributed by atoms with Gasteiger partial charge in [-0.3, -0.25) is 0 Å². The highest BCUT2D eigenvalue weighted by atomic mass is 16.3. The van der Waals surface area contributed by atoms with Crippen LogP contribution in [0.1, 0.15) is 49.9 Å². The van der Waals surface area contributed by atoms with Crippen molar-refractivity contribution >= 4 is 68.1 Å². The molecular weight excluding hydrogens is 559 g/mol. The molecule has 0 spiro atoms. The third-order valence-corrected chi connectivity index (χ3v) is 11.1. The summed E-state index contributed by atoms with van der Waals surface area (Å²) < 4.78 is 6.86. The number of fused-ring (bicyclic) bond motifs is 10. The number of furan rings is 1. The molecule has 0 bridgehead atoms. The van der Waals surface area contributed by atoms with Crippen LogP contribution in [-0.2, 0) is 10.8 Å². The minimum atomic E-state index is -0.215. The van der Waals surface area contributed by atoms with E-state index in [1.165, 1.54) is 61.6 Å². The molecule has 3 nitrogen and oxygen atoms in total. The van der Waals surface area contributed by atoms with E-state index in [0.717, 1.165) is 21.9 Å². The molecule has 3 aliphatic rings. The Kier molecular flexibility index (Phi) is 4.94. The summed E-state index contributed by atoms with van der Waals surface area (Å²) in [5, 5.41) is 2.31. The van der Waals surface area contributed by atoms with Gasteiger partial charge in [0.05, 0.1) is 11.4 Å². The zero-order valence-electron chi connectivity index (χ0n) is 26.5. The highest BCUT2D eigenvalue weighted by Gasteiger charge is 2.49. The van der Waals surface area contributed by atoms with Gasteiger partial charge in [0.1, 0.15) is 5.58 Å². The quantitative estimate of drug-likeness (QED) is 0.177. The van der Waals surface area contributed by atoms with Crippen molar-refractivity contribution in [2.75, 3.05) is 9.71 Å². The third kappa shape index (κ3) is 3.09. The van der Waals surface area contributed by atoms with Gasteiger partial charge < -0.3 is 14.1 Å². The molecule has 220 valence electrons. The van der Waals surface area contributed by atoms with Crippen LogP contribution < -0.4 is 20.6 Å². The van der Waals surface area contributed by atoms with Gasteiger partial charge in [0.2, 0.25) is 0 Å². The van der Waals surface area contributed by atoms with E-state index in [9.17, 15) is 0 Å². The van der Waals surface area contributed by atoms with Gasteiger partial charge in [-0.15, -0.1) is 0 Å². The Bertz CT molecular complexity index is 2420. The Hall–Kier alpha value is -5.22. The van der Waals surface area contributed by atoms with Crippen LogP contribution in [-0.4, -0.2) is 6.85 Å². The normalized spacial score (nSPS) is 16.5. The van der Waals surface area contributed by atoms with Gasteiger partial charge >= 0.3 is 6.85 Å². The molecule has 6 aromatic carbocycles. The second-order valence-electron chi connectivity index (χ2n) is 14.1. The summed E-state index contributed by atoms with van der Waals surface area (Å²) in [5.41, 5.74) is 15.6. The van der Waals surface area contributed by atoms with Crippen molar-refractivity contribution in [2.24, 2.45) is 0 Å². The fourth-order valence-corrected chi connectivity index (χ4v) is 8.88. The van der Waals surface area contributed by atoms with Crippen molar-refractivity contribution in [3.05, 3.63) is 150 Å². The highest BCUT2D eigenvalue weighted by Crippen LogP contribution is 2.56. The summed E-state index contributed by atoms with van der Waals surface area (Å²) in [4.78, 5) is 5.14. The van der Waals surface area contributed by atoms with Gasteiger partial charge in [0, 0.05) is 38.7 Å². The van der Waals surface area contributed by atoms with Crippen LogP contribution in [0.25, 0.3) is 21.9 Å². The number of rotatable bonds is 1. The minimum absolute atomic E-state index is 0.0710. The molecule has 46 heavy (non-hydrogen) atoms. The van der Waals surface area contributed by atoms with Crippen LogP contribution in [0.4, 0.5) is 28.4 Å². The largest absolute Gasteiger partial charge is 0.454 e. The maximum Gasteiger partial charge on any atom is 0.332 e. The molecule has 0 saturated carbocycles. The van der Waals surface area contributed by atoms with Crippen LogP contribution >= 0.6 is 0 Å². The van der Waals surface area contributed by atoms with Crippen molar-refractivity contribution in [3.63, 3.8) is 0 Å². The van der Waals surface area contributed by atoms with Crippen LogP contribution in [0.5, 0.6) is 0 Å². The highest BCUT2D eigenvalue weighted by molar-refractivity contribution is 6.92. The first-order chi connectivity index (χ1) is 22.4. The maximum absolute atomic E-state index is 6.86. The van der Waals surface area contributed by atoms with E-state index in [4.69, 9.17) is 4.42 Å². The topological polar surface area (TPSA) is 19.6 Å². The lowest BCUT2D eigenvalue weighted by Crippen LogP contribution is -2.61. The first-order valence-corrected chi connectivity index (χ1v) is 16.3. The Morgan fingerprint density at radius 3 is 1.87 bits per heavy atom. The van der Waals surface area contributed by atoms with Gasteiger partial charge in [-0.1, -0.05) is 131 Å². The molecule has 0 saturated heterocycles. The fraction of sp³-hybridized carbons (Fsp3) is 0.143. The van der Waals surface area contributed by atoms with Crippen molar-refractivity contribution in [2.45, 2.75) is 38.5 Å². The zero-order valence-corrected chi connectivity index (χ0v) is 26.5. The second-order valence-corrected chi connectivity index (χ2v) is 14.1. The van der Waals surface area contributed by atoms with Crippen LogP contribution in [0.2, 0.25) is 0 Å². The molecule has 7 aromatic rings. The fourth-order valence-electron chi connectivity index (χ4n) is 8.88. The van der Waals surface area contributed by atoms with E-state index in [0.29, 0.717) is 0 Å². The average molecular weight is 593 g/mol. The van der Waals surface area contributed by atoms with Gasteiger partial charge in [0.15, 0.2) is 5.58 Å². The van der Waals surface area contributed by atoms with Crippen LogP contribution in [0, 0.1) is 0 Å². The maximum atomic E-state index is 6.86. The van der Waals surface area contributed by atoms with Crippen molar-refractivity contribution in [1.29, 1.82) is 0 Å². The van der Waals surface area contributed by atoms with E-state index >= 15 is 0 Å². The SMILES string of the molecule is CC1(C)c2ccccc2N2c3ccccc3B(N3c4ccccc4C(C)(C)c4ccc5c(oc6ccccc65)c43)c3cccc1c32. The van der Waals surface area contributed by atoms with Crippen LogP contribution in [0.15, 0.2) is 132 Å². The minimum Gasteiger partial charge on any atom is -0.454 e. The van der Waals surface area contributed by atoms with Gasteiger partial charge in [-0.2, -0.15) is 0 Å². The number of para-hydroxylation sites is 5. The number of hydrogen-bond donors (Lipinski definition) is 0. The monoisotopic (exact) mass is 592 g/mol. The Morgan fingerprint density at radius 1 is 0.478 bits per heavy atom. The predicted molar refractivity (Wildman–Crippen MR) is 193 cm³/mol. The van der Waals surface area contributed by atoms with E-state index < -0.39 is 0 Å². The summed E-state index contributed by atoms with van der Waals surface area (Å²) in [6, 6.07) is 47.0. The van der Waals surface area contributed by atoms with E-state index in [1.807, 2.05) is 0 Å². The smallest absolute Gasteiger partial charge is 0.332 e. The van der Waals surface area contributed by atoms with E-state index in [-0.39, 0.29) is 17.7 Å². The summed E-state index contributed by atoms with van der Waals surface area (Å²) in [6.45, 7) is 9.40. The van der Waals surface area contributed by atoms with E-state index in [2.05, 4.69) is 165 Å². The number of nitrogens with zero attached hydrogens (tertiary/aromatic N) is 2. The molecule has 0 unspecified atom stereocenters. The molecule has 10 rings (SSSR count). The van der Waals surface area contributed by atoms with E-state index in [1.54, 1.807) is 0 Å². The first kappa shape index (κ1) is 26.0. The summed E-state index contributed by atoms with van der Waals surface area (Å²) in [7, 11) is 0. The molecule has 0 fully saturated rings. The first-order valence-electron chi connectivity index (χ1n) is 16.3. The van der Waals surface area contributed by atoms with Crippen LogP contribution in [0.3, 0.4) is 0 Å². The Labute approximate surface area is 269 Å². The predicted octanol–water partition coefficient (Wildman–Crippen LogP) is 9.59. The van der Waals surface area contributed by atoms with Gasteiger partial charge in [0.25, 0.3) is 0 Å². The number of hydrogen-bond acceptors (Lipinski definition) is 3. The summed E-state index contributed by atoms with van der Waals surface area (Å²) >= 11 is 0. The number of benzene rings is 6. The van der Waals surface area contributed by atoms with Crippen molar-refractivity contribution in [1.82, 2.24) is 0 Å². The lowest BCUT2D eigenvalue weighted by molar-refractivity contribution is 0.625. The lowest BCUT2D eigenvalue weighted by Gasteiger charge is -2.50. The molecule has 0 atom stereocenters. The Balaban J connectivity index is 1.35. The van der Waals surface area contributed by atoms with Crippen molar-refractivity contribution < 1.29 is 4.42 Å². The average Bonchev–Trinajstić information content (AvgIpc) is 3.46. The molecule has 0 amide bonds. The standard InChI is InChI=1S/C42H33BN2O/c1-41(2)28-15-6-9-20-34(28)44-36-22-11-8-18-32(36)43(33-19-13-17-30(41)38(33)44)45-35-21-10-7-16-29(35)42(3,4)31-25-24-27-26-14-5-12-23-37(26)46-40(27)39(31)45/h5-25H,1-4H3. The molecule has 0 radical (unpaired) electrons. The molecular formula is C42H33BN2O. The zero-order chi connectivity index (χ0) is 30.9. The molecule has 3 aliphatic heterocycles.